The van der Waals surface area contributed by atoms with Crippen LogP contribution in [-0.4, -0.2) is 44.8 Å². The SMILES string of the molecule is CC1(C)S[C@@H]2[C@H](NC(=O)[C@H](N)c3ccccc3)C(=O)N2[C@H]1C(N)=O. The minimum Gasteiger partial charge on any atom is -0.368 e. The van der Waals surface area contributed by atoms with Crippen LogP contribution in [0.25, 0.3) is 0 Å². The first-order valence-electron chi connectivity index (χ1n) is 7.64. The van der Waals surface area contributed by atoms with E-state index in [-0.39, 0.29) is 11.3 Å². The first-order valence-corrected chi connectivity index (χ1v) is 8.52. The van der Waals surface area contributed by atoms with Crippen LogP contribution in [0.5, 0.6) is 0 Å². The monoisotopic (exact) mass is 348 g/mol. The van der Waals surface area contributed by atoms with Crippen molar-refractivity contribution in [3.63, 3.8) is 0 Å². The van der Waals surface area contributed by atoms with Crippen LogP contribution in [0.1, 0.15) is 25.5 Å². The second kappa shape index (κ2) is 5.78. The lowest BCUT2D eigenvalue weighted by Crippen LogP contribution is -2.71. The zero-order valence-corrected chi connectivity index (χ0v) is 14.2. The Hall–Kier alpha value is -2.06. The van der Waals surface area contributed by atoms with Gasteiger partial charge in [0.2, 0.25) is 17.7 Å². The maximum atomic E-state index is 12.4. The average molecular weight is 348 g/mol. The number of carbonyl (C=O) groups excluding carboxylic acids is 3. The number of nitrogens with two attached hydrogens (primary N) is 2. The second-order valence-electron chi connectivity index (χ2n) is 6.54. The van der Waals surface area contributed by atoms with Gasteiger partial charge < -0.3 is 21.7 Å². The molecule has 0 bridgehead atoms. The highest BCUT2D eigenvalue weighted by atomic mass is 32.2. The maximum Gasteiger partial charge on any atom is 0.249 e. The normalized spacial score (nSPS) is 28.7. The van der Waals surface area contributed by atoms with Crippen LogP contribution >= 0.6 is 11.8 Å². The predicted octanol–water partition coefficient (Wildman–Crippen LogP) is -0.281. The number of fused-ring (bicyclic) bond motifs is 1. The number of β-lactam (4-membered cyclic amide) rings is 1. The summed E-state index contributed by atoms with van der Waals surface area (Å²) in [7, 11) is 0. The van der Waals surface area contributed by atoms with Crippen LogP contribution in [0.4, 0.5) is 0 Å². The quantitative estimate of drug-likeness (QED) is 0.647. The largest absolute Gasteiger partial charge is 0.368 e. The molecule has 3 amide bonds. The van der Waals surface area contributed by atoms with Gasteiger partial charge in [0.1, 0.15) is 23.5 Å². The van der Waals surface area contributed by atoms with Gasteiger partial charge in [-0.1, -0.05) is 30.3 Å². The molecule has 5 N–H and O–H groups in total. The minimum atomic E-state index is -0.848. The van der Waals surface area contributed by atoms with Crippen LogP contribution in [0.2, 0.25) is 0 Å². The summed E-state index contributed by atoms with van der Waals surface area (Å²) < 4.78 is -0.493. The lowest BCUT2D eigenvalue weighted by Gasteiger charge is -2.44. The summed E-state index contributed by atoms with van der Waals surface area (Å²) in [6, 6.07) is 6.75. The van der Waals surface area contributed by atoms with Crippen LogP contribution in [-0.2, 0) is 14.4 Å². The Morgan fingerprint density at radius 3 is 2.50 bits per heavy atom. The fraction of sp³-hybridized carbons (Fsp3) is 0.438. The molecule has 2 heterocycles. The molecule has 2 fully saturated rings. The molecule has 24 heavy (non-hydrogen) atoms. The lowest BCUT2D eigenvalue weighted by molar-refractivity contribution is -0.154. The molecule has 8 heteroatoms. The molecule has 128 valence electrons. The van der Waals surface area contributed by atoms with Crippen molar-refractivity contribution < 1.29 is 14.4 Å². The van der Waals surface area contributed by atoms with Gasteiger partial charge in [-0.25, -0.2) is 0 Å². The van der Waals surface area contributed by atoms with E-state index in [1.54, 1.807) is 24.3 Å². The first-order chi connectivity index (χ1) is 11.2. The summed E-state index contributed by atoms with van der Waals surface area (Å²) >= 11 is 1.46. The van der Waals surface area contributed by atoms with Crippen molar-refractivity contribution in [1.82, 2.24) is 10.2 Å². The highest BCUT2D eigenvalue weighted by Crippen LogP contribution is 2.50. The highest BCUT2D eigenvalue weighted by molar-refractivity contribution is 8.01. The van der Waals surface area contributed by atoms with E-state index in [2.05, 4.69) is 5.32 Å². The molecule has 0 saturated carbocycles. The van der Waals surface area contributed by atoms with Crippen molar-refractivity contribution in [3.05, 3.63) is 35.9 Å². The topological polar surface area (TPSA) is 119 Å². The van der Waals surface area contributed by atoms with Crippen molar-refractivity contribution in [3.8, 4) is 0 Å². The van der Waals surface area contributed by atoms with Gasteiger partial charge in [-0.15, -0.1) is 11.8 Å². The van der Waals surface area contributed by atoms with Crippen molar-refractivity contribution in [2.45, 2.75) is 42.1 Å². The average Bonchev–Trinajstić information content (AvgIpc) is 2.80. The van der Waals surface area contributed by atoms with Crippen molar-refractivity contribution in [2.75, 3.05) is 0 Å². The van der Waals surface area contributed by atoms with Crippen molar-refractivity contribution in [1.29, 1.82) is 0 Å². The molecule has 1 aromatic rings. The Labute approximate surface area is 144 Å². The molecule has 7 nitrogen and oxygen atoms in total. The maximum absolute atomic E-state index is 12.4. The number of benzene rings is 1. The first kappa shape index (κ1) is 16.8. The minimum absolute atomic E-state index is 0.295. The fourth-order valence-electron chi connectivity index (χ4n) is 3.26. The van der Waals surface area contributed by atoms with Gasteiger partial charge in [0.15, 0.2) is 0 Å². The third kappa shape index (κ3) is 2.55. The number of nitrogens with zero attached hydrogens (tertiary/aromatic N) is 1. The van der Waals surface area contributed by atoms with E-state index >= 15 is 0 Å². The smallest absolute Gasteiger partial charge is 0.249 e. The van der Waals surface area contributed by atoms with Gasteiger partial charge in [-0.3, -0.25) is 14.4 Å². The summed E-state index contributed by atoms with van der Waals surface area (Å²) in [6.45, 7) is 3.74. The van der Waals surface area contributed by atoms with Gasteiger partial charge in [0.25, 0.3) is 0 Å². The molecular weight excluding hydrogens is 328 g/mol. The van der Waals surface area contributed by atoms with Crippen LogP contribution < -0.4 is 16.8 Å². The second-order valence-corrected chi connectivity index (χ2v) is 8.31. The van der Waals surface area contributed by atoms with Crippen molar-refractivity contribution >= 4 is 29.5 Å². The molecule has 0 radical (unpaired) electrons. The van der Waals surface area contributed by atoms with E-state index in [0.717, 1.165) is 0 Å². The summed E-state index contributed by atoms with van der Waals surface area (Å²) in [5.74, 6) is -1.25. The van der Waals surface area contributed by atoms with Crippen LogP contribution in [0, 0.1) is 0 Å². The molecule has 0 unspecified atom stereocenters. The summed E-state index contributed by atoms with van der Waals surface area (Å²) in [5, 5.41) is 2.41. The van der Waals surface area contributed by atoms with Crippen LogP contribution in [0.15, 0.2) is 30.3 Å². The molecule has 2 saturated heterocycles. The number of hydrogen-bond donors (Lipinski definition) is 3. The van der Waals surface area contributed by atoms with E-state index < -0.39 is 34.7 Å². The van der Waals surface area contributed by atoms with E-state index in [1.807, 2.05) is 19.9 Å². The summed E-state index contributed by atoms with van der Waals surface area (Å²) in [6.07, 6.45) is 0. The standard InChI is InChI=1S/C16H20N4O3S/c1-16(2)11(12(18)21)20-14(23)10(15(20)24-16)19-13(22)9(17)8-6-4-3-5-7-8/h3-7,9-11,15H,17H2,1-2H3,(H2,18,21)(H,19,22)/t9-,10-,11+,15-/m1/s1. The molecule has 2 aliphatic heterocycles. The number of primary amides is 1. The number of thioether (sulfide) groups is 1. The fourth-order valence-corrected chi connectivity index (χ4v) is 4.90. The Balaban J connectivity index is 1.71. The molecule has 2 aliphatic rings. The van der Waals surface area contributed by atoms with Gasteiger partial charge in [-0.2, -0.15) is 0 Å². The number of rotatable bonds is 4. The molecule has 3 rings (SSSR count). The third-order valence-corrected chi connectivity index (χ3v) is 6.02. The van der Waals surface area contributed by atoms with Crippen LogP contribution in [0.3, 0.4) is 0 Å². The molecule has 0 aliphatic carbocycles. The van der Waals surface area contributed by atoms with E-state index in [0.29, 0.717) is 5.56 Å². The zero-order valence-electron chi connectivity index (χ0n) is 13.4. The Morgan fingerprint density at radius 1 is 1.29 bits per heavy atom. The highest BCUT2D eigenvalue weighted by Gasteiger charge is 2.63. The summed E-state index contributed by atoms with van der Waals surface area (Å²) in [4.78, 5) is 37.9. The van der Waals surface area contributed by atoms with E-state index in [1.165, 1.54) is 16.7 Å². The van der Waals surface area contributed by atoms with E-state index in [4.69, 9.17) is 11.5 Å². The Kier molecular flexibility index (Phi) is 4.05. The molecular formula is C16H20N4O3S. The third-order valence-electron chi connectivity index (χ3n) is 4.45. The number of hydrogen-bond acceptors (Lipinski definition) is 5. The zero-order chi connectivity index (χ0) is 17.6. The van der Waals surface area contributed by atoms with Gasteiger partial charge in [-0.05, 0) is 19.4 Å². The molecule has 0 aromatic heterocycles. The van der Waals surface area contributed by atoms with Gasteiger partial charge >= 0.3 is 0 Å². The summed E-state index contributed by atoms with van der Waals surface area (Å²) in [5.41, 5.74) is 12.1. The molecule has 4 atom stereocenters. The van der Waals surface area contributed by atoms with Gasteiger partial charge in [0.05, 0.1) is 0 Å². The Bertz CT molecular complexity index is 694. The number of amides is 3. The number of nitrogens with one attached hydrogen (secondary N) is 1. The van der Waals surface area contributed by atoms with Crippen molar-refractivity contribution in [2.24, 2.45) is 11.5 Å². The molecule has 0 spiro atoms. The predicted molar refractivity (Wildman–Crippen MR) is 90.6 cm³/mol. The van der Waals surface area contributed by atoms with Gasteiger partial charge in [0, 0.05) is 4.75 Å². The van der Waals surface area contributed by atoms with E-state index in [9.17, 15) is 14.4 Å². The molecule has 1 aromatic carbocycles. The number of carbonyl (C=O) groups is 3. The lowest BCUT2D eigenvalue weighted by atomic mass is 9.95. The Morgan fingerprint density at radius 2 is 1.92 bits per heavy atom.